The summed E-state index contributed by atoms with van der Waals surface area (Å²) in [4.78, 5) is 15.3. The first-order valence-electron chi connectivity index (χ1n) is 11.1. The van der Waals surface area contributed by atoms with E-state index in [-0.39, 0.29) is 5.91 Å². The Bertz CT molecular complexity index is 751. The minimum absolute atomic E-state index is 0.115. The second-order valence-corrected chi connectivity index (χ2v) is 8.18. The summed E-state index contributed by atoms with van der Waals surface area (Å²) in [6.45, 7) is 11.8. The fourth-order valence-electron chi connectivity index (χ4n) is 3.75. The lowest BCUT2D eigenvalue weighted by Gasteiger charge is -2.23. The van der Waals surface area contributed by atoms with Gasteiger partial charge in [0.05, 0.1) is 12.7 Å². The molecule has 0 saturated carbocycles. The van der Waals surface area contributed by atoms with Gasteiger partial charge in [-0.3, -0.25) is 9.69 Å². The maximum atomic E-state index is 12.9. The minimum Gasteiger partial charge on any atom is -0.497 e. The number of ether oxygens (including phenoxy) is 2. The summed E-state index contributed by atoms with van der Waals surface area (Å²) in [5.41, 5.74) is 3.14. The first-order chi connectivity index (χ1) is 14.4. The molecule has 1 atom stereocenters. The molecule has 1 aromatic carbocycles. The van der Waals surface area contributed by atoms with Gasteiger partial charge in [-0.1, -0.05) is 24.1 Å². The van der Waals surface area contributed by atoms with Crippen LogP contribution in [0.25, 0.3) is 0 Å². The van der Waals surface area contributed by atoms with Gasteiger partial charge in [0.25, 0.3) is 5.91 Å². The standard InChI is InChI=1S/C25H38N2O3/c1-6-27-15-8-11-21(27)18-26-25(28)23-17-22(29-5)12-13-24(23)30-16-14-20(4)10-7-9-19(2)3/h9,12-14,17,21H,6-8,10-11,15-16,18H2,1-5H3,(H,26,28)/b20-14+. The number of carbonyl (C=O) groups excluding carboxylic acids is 1. The normalized spacial score (nSPS) is 17.0. The number of methoxy groups -OCH3 is 1. The van der Waals surface area contributed by atoms with E-state index in [0.29, 0.717) is 36.3 Å². The fourth-order valence-corrected chi connectivity index (χ4v) is 3.75. The molecule has 30 heavy (non-hydrogen) atoms. The maximum absolute atomic E-state index is 12.9. The number of hydrogen-bond donors (Lipinski definition) is 1. The van der Waals surface area contributed by atoms with E-state index in [9.17, 15) is 4.79 Å². The maximum Gasteiger partial charge on any atom is 0.255 e. The van der Waals surface area contributed by atoms with Crippen molar-refractivity contribution in [1.82, 2.24) is 10.2 Å². The van der Waals surface area contributed by atoms with Crippen molar-refractivity contribution in [2.24, 2.45) is 0 Å². The highest BCUT2D eigenvalue weighted by Gasteiger charge is 2.24. The molecule has 0 aromatic heterocycles. The first-order valence-corrected chi connectivity index (χ1v) is 11.1. The summed E-state index contributed by atoms with van der Waals surface area (Å²) in [6.07, 6.45) is 8.71. The van der Waals surface area contributed by atoms with Crippen LogP contribution in [-0.2, 0) is 0 Å². The van der Waals surface area contributed by atoms with Gasteiger partial charge >= 0.3 is 0 Å². The van der Waals surface area contributed by atoms with Gasteiger partial charge < -0.3 is 14.8 Å². The van der Waals surface area contributed by atoms with Crippen LogP contribution in [0.1, 0.15) is 63.7 Å². The number of benzene rings is 1. The smallest absolute Gasteiger partial charge is 0.255 e. The molecular formula is C25H38N2O3. The van der Waals surface area contributed by atoms with Crippen molar-refractivity contribution in [2.75, 3.05) is 33.4 Å². The van der Waals surface area contributed by atoms with Crippen LogP contribution in [0.5, 0.6) is 11.5 Å². The zero-order chi connectivity index (χ0) is 21.9. The van der Waals surface area contributed by atoms with Gasteiger partial charge in [0, 0.05) is 12.6 Å². The summed E-state index contributed by atoms with van der Waals surface area (Å²) >= 11 is 0. The molecular weight excluding hydrogens is 376 g/mol. The quantitative estimate of drug-likeness (QED) is 0.519. The number of allylic oxidation sites excluding steroid dienone is 3. The van der Waals surface area contributed by atoms with Crippen molar-refractivity contribution >= 4 is 5.91 Å². The largest absolute Gasteiger partial charge is 0.497 e. The van der Waals surface area contributed by atoms with Crippen LogP contribution in [0.2, 0.25) is 0 Å². The molecule has 1 N–H and O–H groups in total. The van der Waals surface area contributed by atoms with Crippen molar-refractivity contribution in [3.05, 3.63) is 47.1 Å². The highest BCUT2D eigenvalue weighted by molar-refractivity contribution is 5.97. The van der Waals surface area contributed by atoms with Gasteiger partial charge in [-0.15, -0.1) is 0 Å². The molecule has 1 aliphatic heterocycles. The van der Waals surface area contributed by atoms with Crippen LogP contribution in [0.3, 0.4) is 0 Å². The average Bonchev–Trinajstić information content (AvgIpc) is 3.19. The van der Waals surface area contributed by atoms with Crippen molar-refractivity contribution in [1.29, 1.82) is 0 Å². The second kappa shape index (κ2) is 12.4. The lowest BCUT2D eigenvalue weighted by molar-refractivity contribution is 0.0937. The molecule has 1 heterocycles. The Labute approximate surface area is 182 Å². The van der Waals surface area contributed by atoms with E-state index in [1.165, 1.54) is 17.6 Å². The fraction of sp³-hybridized carbons (Fsp3) is 0.560. The lowest BCUT2D eigenvalue weighted by atomic mass is 10.1. The highest BCUT2D eigenvalue weighted by atomic mass is 16.5. The summed E-state index contributed by atoms with van der Waals surface area (Å²) in [5, 5.41) is 3.10. The van der Waals surface area contributed by atoms with Crippen LogP contribution in [0, 0.1) is 0 Å². The highest BCUT2D eigenvalue weighted by Crippen LogP contribution is 2.25. The zero-order valence-corrected chi connectivity index (χ0v) is 19.3. The number of amides is 1. The van der Waals surface area contributed by atoms with E-state index in [4.69, 9.17) is 9.47 Å². The van der Waals surface area contributed by atoms with E-state index in [2.05, 4.69) is 50.1 Å². The zero-order valence-electron chi connectivity index (χ0n) is 19.3. The third-order valence-electron chi connectivity index (χ3n) is 5.60. The summed E-state index contributed by atoms with van der Waals surface area (Å²) < 4.78 is 11.3. The van der Waals surface area contributed by atoms with Crippen LogP contribution in [0.4, 0.5) is 0 Å². The van der Waals surface area contributed by atoms with Gasteiger partial charge in [-0.25, -0.2) is 0 Å². The van der Waals surface area contributed by atoms with Crippen molar-refractivity contribution in [3.63, 3.8) is 0 Å². The summed E-state index contributed by atoms with van der Waals surface area (Å²) in [6, 6.07) is 5.81. The molecule has 1 unspecified atom stereocenters. The molecule has 5 nitrogen and oxygen atoms in total. The first kappa shape index (κ1) is 24.0. The Morgan fingerprint density at radius 2 is 2.07 bits per heavy atom. The average molecular weight is 415 g/mol. The molecule has 0 aliphatic carbocycles. The number of nitrogens with zero attached hydrogens (tertiary/aromatic N) is 1. The van der Waals surface area contributed by atoms with Gasteiger partial charge in [0.1, 0.15) is 18.1 Å². The molecule has 166 valence electrons. The Kier molecular flexibility index (Phi) is 9.95. The molecule has 1 aromatic rings. The van der Waals surface area contributed by atoms with Crippen LogP contribution in [0.15, 0.2) is 41.5 Å². The van der Waals surface area contributed by atoms with E-state index in [0.717, 1.165) is 32.4 Å². The van der Waals surface area contributed by atoms with E-state index < -0.39 is 0 Å². The molecule has 2 rings (SSSR count). The number of nitrogens with one attached hydrogen (secondary N) is 1. The SMILES string of the molecule is CCN1CCCC1CNC(=O)c1cc(OC)ccc1OC/C=C(\C)CCC=C(C)C. The van der Waals surface area contributed by atoms with Crippen LogP contribution < -0.4 is 14.8 Å². The predicted octanol–water partition coefficient (Wildman–Crippen LogP) is 4.98. The Hall–Kier alpha value is -2.27. The third-order valence-corrected chi connectivity index (χ3v) is 5.60. The van der Waals surface area contributed by atoms with Gasteiger partial charge in [-0.2, -0.15) is 0 Å². The van der Waals surface area contributed by atoms with Gasteiger partial charge in [0.2, 0.25) is 0 Å². The molecule has 0 spiro atoms. The number of carbonyl (C=O) groups is 1. The van der Waals surface area contributed by atoms with Crippen LogP contribution in [-0.4, -0.2) is 50.2 Å². The van der Waals surface area contributed by atoms with Gasteiger partial charge in [-0.05, 0) is 83.8 Å². The molecule has 1 aliphatic rings. The third kappa shape index (κ3) is 7.52. The molecule has 5 heteroatoms. The monoisotopic (exact) mass is 414 g/mol. The van der Waals surface area contributed by atoms with E-state index >= 15 is 0 Å². The van der Waals surface area contributed by atoms with Crippen molar-refractivity contribution in [3.8, 4) is 11.5 Å². The Morgan fingerprint density at radius 3 is 2.77 bits per heavy atom. The number of hydrogen-bond acceptors (Lipinski definition) is 4. The molecule has 0 radical (unpaired) electrons. The molecule has 1 amide bonds. The number of likely N-dealkylation sites (N-methyl/N-ethyl adjacent to an activating group) is 1. The second-order valence-electron chi connectivity index (χ2n) is 8.18. The van der Waals surface area contributed by atoms with Crippen molar-refractivity contribution < 1.29 is 14.3 Å². The topological polar surface area (TPSA) is 50.8 Å². The van der Waals surface area contributed by atoms with Crippen LogP contribution >= 0.6 is 0 Å². The number of likely N-dealkylation sites (tertiary alicyclic amines) is 1. The summed E-state index contributed by atoms with van der Waals surface area (Å²) in [7, 11) is 1.60. The summed E-state index contributed by atoms with van der Waals surface area (Å²) in [5.74, 6) is 1.12. The van der Waals surface area contributed by atoms with E-state index in [1.54, 1.807) is 13.2 Å². The van der Waals surface area contributed by atoms with Gasteiger partial charge in [0.15, 0.2) is 0 Å². The molecule has 0 bridgehead atoms. The van der Waals surface area contributed by atoms with Crippen molar-refractivity contribution in [2.45, 2.75) is 59.4 Å². The molecule has 1 saturated heterocycles. The van der Waals surface area contributed by atoms with E-state index in [1.807, 2.05) is 12.1 Å². The minimum atomic E-state index is -0.115. The molecule has 1 fully saturated rings. The predicted molar refractivity (Wildman–Crippen MR) is 124 cm³/mol. The number of rotatable bonds is 11. The Balaban J connectivity index is 1.98. The lowest BCUT2D eigenvalue weighted by Crippen LogP contribution is -2.40. The Morgan fingerprint density at radius 1 is 1.27 bits per heavy atom.